The molecule has 0 aliphatic rings. The summed E-state index contributed by atoms with van der Waals surface area (Å²) in [7, 11) is 0. The molecule has 5 nitrogen and oxygen atoms in total. The molecule has 6 heteroatoms. The third-order valence-corrected chi connectivity index (χ3v) is 3.56. The molecule has 104 valence electrons. The van der Waals surface area contributed by atoms with Gasteiger partial charge in [-0.3, -0.25) is 9.59 Å². The first-order valence-electron chi connectivity index (χ1n) is 5.95. The molecule has 0 atom stereocenters. The van der Waals surface area contributed by atoms with Gasteiger partial charge in [0.25, 0.3) is 5.91 Å². The first-order valence-corrected chi connectivity index (χ1v) is 6.74. The highest BCUT2D eigenvalue weighted by Gasteiger charge is 2.13. The average Bonchev–Trinajstić information content (AvgIpc) is 2.35. The molecule has 0 aliphatic carbocycles. The molecule has 0 aliphatic heterocycles. The number of aromatic amines is 1. The second-order valence-electron chi connectivity index (χ2n) is 4.54. The normalized spacial score (nSPS) is 10.3. The minimum Gasteiger partial charge on any atom is -0.398 e. The number of pyridine rings is 1. The molecular weight excluding hydrogens is 322 g/mol. The number of rotatable bonds is 2. The Balaban J connectivity index is 2.33. The number of nitrogen functional groups attached to an aromatic ring is 1. The number of nitrogens with two attached hydrogens (primary N) is 1. The van der Waals surface area contributed by atoms with Gasteiger partial charge in [-0.15, -0.1) is 0 Å². The summed E-state index contributed by atoms with van der Waals surface area (Å²) in [6.45, 7) is 3.62. The maximum Gasteiger partial charge on any atom is 0.261 e. The Hall–Kier alpha value is -2.08. The minimum atomic E-state index is -0.477. The van der Waals surface area contributed by atoms with E-state index in [1.807, 2.05) is 13.0 Å². The van der Waals surface area contributed by atoms with E-state index in [1.165, 1.54) is 12.3 Å². The molecule has 1 heterocycles. The molecular formula is C14H14BrN3O2. The largest absolute Gasteiger partial charge is 0.398 e. The van der Waals surface area contributed by atoms with E-state index >= 15 is 0 Å². The minimum absolute atomic E-state index is 0.0571. The van der Waals surface area contributed by atoms with Crippen LogP contribution in [-0.4, -0.2) is 10.9 Å². The van der Waals surface area contributed by atoms with E-state index in [4.69, 9.17) is 5.73 Å². The van der Waals surface area contributed by atoms with E-state index < -0.39 is 5.91 Å². The summed E-state index contributed by atoms with van der Waals surface area (Å²) in [5, 5.41) is 2.67. The molecule has 1 aromatic carbocycles. The van der Waals surface area contributed by atoms with Crippen LogP contribution in [0.15, 0.2) is 33.7 Å². The summed E-state index contributed by atoms with van der Waals surface area (Å²) in [6.07, 6.45) is 1.40. The number of H-pyrrole nitrogens is 1. The Kier molecular flexibility index (Phi) is 3.94. The second-order valence-corrected chi connectivity index (χ2v) is 5.39. The summed E-state index contributed by atoms with van der Waals surface area (Å²) in [6, 6.07) is 4.84. The highest BCUT2D eigenvalue weighted by Crippen LogP contribution is 2.27. The molecule has 1 aromatic heterocycles. The maximum absolute atomic E-state index is 12.1. The van der Waals surface area contributed by atoms with Crippen molar-refractivity contribution in [3.05, 3.63) is 55.9 Å². The van der Waals surface area contributed by atoms with Gasteiger partial charge in [0.2, 0.25) is 0 Å². The Morgan fingerprint density at radius 3 is 2.65 bits per heavy atom. The molecule has 0 saturated heterocycles. The second kappa shape index (κ2) is 5.50. The van der Waals surface area contributed by atoms with Crippen molar-refractivity contribution in [1.29, 1.82) is 0 Å². The van der Waals surface area contributed by atoms with Crippen LogP contribution in [0.2, 0.25) is 0 Å². The average molecular weight is 336 g/mol. The molecule has 1 amide bonds. The lowest BCUT2D eigenvalue weighted by molar-refractivity contribution is 0.102. The predicted molar refractivity (Wildman–Crippen MR) is 83.0 cm³/mol. The highest BCUT2D eigenvalue weighted by molar-refractivity contribution is 9.10. The fraction of sp³-hybridized carbons (Fsp3) is 0.143. The number of aryl methyl sites for hydroxylation is 2. The molecule has 0 bridgehead atoms. The summed E-state index contributed by atoms with van der Waals surface area (Å²) >= 11 is 3.36. The van der Waals surface area contributed by atoms with Crippen molar-refractivity contribution < 1.29 is 4.79 Å². The SMILES string of the molecule is Cc1cc(=O)c(C(=O)Nc2cc(N)c(C)cc2Br)c[nH]1. The van der Waals surface area contributed by atoms with Gasteiger partial charge in [-0.1, -0.05) is 0 Å². The number of halogens is 1. The zero-order chi connectivity index (χ0) is 14.9. The highest BCUT2D eigenvalue weighted by atomic mass is 79.9. The monoisotopic (exact) mass is 335 g/mol. The zero-order valence-corrected chi connectivity index (χ0v) is 12.7. The van der Waals surface area contributed by atoms with Crippen LogP contribution in [0.25, 0.3) is 0 Å². The topological polar surface area (TPSA) is 88.0 Å². The lowest BCUT2D eigenvalue weighted by atomic mass is 10.1. The van der Waals surface area contributed by atoms with Crippen LogP contribution in [-0.2, 0) is 0 Å². The fourth-order valence-electron chi connectivity index (χ4n) is 1.73. The number of nitrogens with one attached hydrogen (secondary N) is 2. The van der Waals surface area contributed by atoms with Crippen molar-refractivity contribution in [2.75, 3.05) is 11.1 Å². The summed E-state index contributed by atoms with van der Waals surface area (Å²) < 4.78 is 0.709. The van der Waals surface area contributed by atoms with Gasteiger partial charge in [0, 0.05) is 28.1 Å². The molecule has 0 fully saturated rings. The third-order valence-electron chi connectivity index (χ3n) is 2.91. The van der Waals surface area contributed by atoms with Crippen molar-refractivity contribution in [3.8, 4) is 0 Å². The molecule has 2 aromatic rings. The van der Waals surface area contributed by atoms with Gasteiger partial charge >= 0.3 is 0 Å². The molecule has 0 spiro atoms. The van der Waals surface area contributed by atoms with E-state index in [9.17, 15) is 9.59 Å². The number of hydrogen-bond donors (Lipinski definition) is 3. The number of anilines is 2. The van der Waals surface area contributed by atoms with Crippen LogP contribution in [0.4, 0.5) is 11.4 Å². The third kappa shape index (κ3) is 2.91. The first-order chi connectivity index (χ1) is 9.38. The lowest BCUT2D eigenvalue weighted by Crippen LogP contribution is -2.21. The maximum atomic E-state index is 12.1. The molecule has 0 unspecified atom stereocenters. The van der Waals surface area contributed by atoms with E-state index in [0.717, 1.165) is 5.56 Å². The van der Waals surface area contributed by atoms with Crippen molar-refractivity contribution >= 4 is 33.2 Å². The predicted octanol–water partition coefficient (Wildman–Crippen LogP) is 2.59. The number of carbonyl (C=O) groups is 1. The summed E-state index contributed by atoms with van der Waals surface area (Å²) in [5.74, 6) is -0.477. The van der Waals surface area contributed by atoms with E-state index in [1.54, 1.807) is 13.0 Å². The Labute approximate surface area is 124 Å². The van der Waals surface area contributed by atoms with Crippen LogP contribution in [0.5, 0.6) is 0 Å². The zero-order valence-electron chi connectivity index (χ0n) is 11.1. The van der Waals surface area contributed by atoms with Crippen molar-refractivity contribution in [2.24, 2.45) is 0 Å². The van der Waals surface area contributed by atoms with Gasteiger partial charge in [0.05, 0.1) is 5.69 Å². The van der Waals surface area contributed by atoms with Gasteiger partial charge < -0.3 is 16.0 Å². The number of hydrogen-bond acceptors (Lipinski definition) is 3. The van der Waals surface area contributed by atoms with E-state index in [-0.39, 0.29) is 11.0 Å². The Morgan fingerprint density at radius 2 is 2.00 bits per heavy atom. The van der Waals surface area contributed by atoms with Crippen LogP contribution in [0.3, 0.4) is 0 Å². The van der Waals surface area contributed by atoms with Crippen LogP contribution < -0.4 is 16.5 Å². The number of amides is 1. The van der Waals surface area contributed by atoms with Crippen molar-refractivity contribution in [3.63, 3.8) is 0 Å². The smallest absolute Gasteiger partial charge is 0.261 e. The molecule has 0 radical (unpaired) electrons. The number of benzene rings is 1. The molecule has 2 rings (SSSR count). The Bertz CT molecular complexity index is 738. The van der Waals surface area contributed by atoms with E-state index in [2.05, 4.69) is 26.2 Å². The van der Waals surface area contributed by atoms with Crippen molar-refractivity contribution in [2.45, 2.75) is 13.8 Å². The molecule has 4 N–H and O–H groups in total. The molecule has 0 saturated carbocycles. The van der Waals surface area contributed by atoms with Crippen LogP contribution >= 0.6 is 15.9 Å². The van der Waals surface area contributed by atoms with E-state index in [0.29, 0.717) is 21.5 Å². The van der Waals surface area contributed by atoms with Gasteiger partial charge in [-0.25, -0.2) is 0 Å². The van der Waals surface area contributed by atoms with Crippen LogP contribution in [0.1, 0.15) is 21.6 Å². The first kappa shape index (κ1) is 14.3. The quantitative estimate of drug-likeness (QED) is 0.737. The summed E-state index contributed by atoms with van der Waals surface area (Å²) in [5.41, 5.74) is 8.25. The fourth-order valence-corrected chi connectivity index (χ4v) is 2.28. The summed E-state index contributed by atoms with van der Waals surface area (Å²) in [4.78, 5) is 26.7. The number of aromatic nitrogens is 1. The molecule has 20 heavy (non-hydrogen) atoms. The van der Waals surface area contributed by atoms with Gasteiger partial charge in [-0.05, 0) is 47.5 Å². The van der Waals surface area contributed by atoms with Gasteiger partial charge in [0.1, 0.15) is 5.56 Å². The Morgan fingerprint density at radius 1 is 1.30 bits per heavy atom. The van der Waals surface area contributed by atoms with Gasteiger partial charge in [-0.2, -0.15) is 0 Å². The standard InChI is InChI=1S/C14H14BrN3O2/c1-7-3-10(15)12(5-11(7)16)18-14(20)9-6-17-8(2)4-13(9)19/h3-6H,16H2,1-2H3,(H,17,19)(H,18,20). The van der Waals surface area contributed by atoms with Gasteiger partial charge in [0.15, 0.2) is 5.43 Å². The van der Waals surface area contributed by atoms with Crippen molar-refractivity contribution in [1.82, 2.24) is 4.98 Å². The van der Waals surface area contributed by atoms with Crippen LogP contribution in [0, 0.1) is 13.8 Å². The number of carbonyl (C=O) groups excluding carboxylic acids is 1. The lowest BCUT2D eigenvalue weighted by Gasteiger charge is -2.10.